The third-order valence-corrected chi connectivity index (χ3v) is 0.295. The smallest absolute Gasteiger partial charge is 0.202 e. The maximum absolute atomic E-state index is 7.75. The number of nitriles is 1. The second kappa shape index (κ2) is 41.6. The first-order chi connectivity index (χ1) is 4.83. The predicted molar refractivity (Wildman–Crippen MR) is 58.6 cm³/mol. The Balaban J connectivity index is -0.0000000320. The Morgan fingerprint density at radius 1 is 1.31 bits per heavy atom. The Hall–Kier alpha value is -0.400. The molecule has 0 aliphatic carbocycles. The van der Waals surface area contributed by atoms with Crippen molar-refractivity contribution in [3.05, 3.63) is 0 Å². The van der Waals surface area contributed by atoms with E-state index in [0.29, 0.717) is 0 Å². The summed E-state index contributed by atoms with van der Waals surface area (Å²) >= 11 is 0. The number of hydrogen-bond acceptors (Lipinski definition) is 5. The van der Waals surface area contributed by atoms with E-state index < -0.39 is 0 Å². The largest absolute Gasteiger partial charge is 0.369 e. The molecular formula is C7H23N2O3P. The molecule has 1 atom stereocenters. The van der Waals surface area contributed by atoms with Gasteiger partial charge in [0, 0.05) is 14.2 Å². The van der Waals surface area contributed by atoms with Crippen LogP contribution in [0.5, 0.6) is 0 Å². The lowest BCUT2D eigenvalue weighted by atomic mass is 11.4. The topological polar surface area (TPSA) is 63.5 Å². The molecule has 0 rings (SSSR count). The molecule has 0 radical (unpaired) electrons. The van der Waals surface area contributed by atoms with E-state index in [4.69, 9.17) is 5.26 Å². The van der Waals surface area contributed by atoms with Crippen molar-refractivity contribution in [2.75, 3.05) is 21.0 Å². The summed E-state index contributed by atoms with van der Waals surface area (Å²) in [6.45, 7) is 0.0908. The van der Waals surface area contributed by atoms with E-state index in [2.05, 4.69) is 23.6 Å². The Labute approximate surface area is 84.6 Å². The molecule has 0 fully saturated rings. The lowest BCUT2D eigenvalue weighted by molar-refractivity contribution is -0.0634. The van der Waals surface area contributed by atoms with E-state index in [0.717, 1.165) is 0 Å². The van der Waals surface area contributed by atoms with Crippen LogP contribution in [-0.4, -0.2) is 21.0 Å². The zero-order chi connectivity index (χ0) is 8.24. The first kappa shape index (κ1) is 29.4. The number of nitrogens with zero attached hydrogens (tertiary/aromatic N) is 1. The van der Waals surface area contributed by atoms with Crippen LogP contribution in [-0.2, 0) is 14.1 Å². The summed E-state index contributed by atoms with van der Waals surface area (Å²) in [6.07, 6.45) is 1.55. The molecule has 0 amide bonds. The first-order valence-electron chi connectivity index (χ1n) is 2.31. The molecule has 0 bridgehead atoms. The van der Waals surface area contributed by atoms with Crippen molar-refractivity contribution in [2.45, 2.75) is 22.3 Å². The van der Waals surface area contributed by atoms with Gasteiger partial charge in [0.05, 0.1) is 0 Å². The standard InChI is InChI=1S/C3H6N2O2.CH5OP.3CH4/c1-6-3-7-5-2-4;1-2-3;;;/h5H,3H2,1H3;3H2,1H3;3*1H4. The highest BCUT2D eigenvalue weighted by atomic mass is 31.0. The minimum atomic E-state index is 0. The second-order valence-corrected chi connectivity index (χ2v) is 1.47. The zero-order valence-electron chi connectivity index (χ0n) is 5.96. The quantitative estimate of drug-likeness (QED) is 0.194. The summed E-state index contributed by atoms with van der Waals surface area (Å²) in [5.74, 6) is 0. The average molecular weight is 214 g/mol. The molecule has 1 N–H and O–H groups in total. The zero-order valence-corrected chi connectivity index (χ0v) is 7.11. The minimum Gasteiger partial charge on any atom is -0.369 e. The van der Waals surface area contributed by atoms with Crippen molar-refractivity contribution in [3.63, 3.8) is 0 Å². The molecule has 0 aromatic heterocycles. The normalized spacial score (nSPS) is 5.38. The van der Waals surface area contributed by atoms with Gasteiger partial charge in [-0.05, 0) is 9.47 Å². The van der Waals surface area contributed by atoms with Crippen LogP contribution in [0.25, 0.3) is 0 Å². The van der Waals surface area contributed by atoms with Gasteiger partial charge in [-0.15, -0.1) is 0 Å². The molecule has 0 heterocycles. The Morgan fingerprint density at radius 3 is 1.92 bits per heavy atom. The van der Waals surface area contributed by atoms with Gasteiger partial charge >= 0.3 is 0 Å². The molecule has 0 saturated carbocycles. The lowest BCUT2D eigenvalue weighted by Gasteiger charge is -1.93. The average Bonchev–Trinajstić information content (AvgIpc) is 1.91. The van der Waals surface area contributed by atoms with Crippen LogP contribution in [0.1, 0.15) is 22.3 Å². The van der Waals surface area contributed by atoms with Crippen LogP contribution in [0.4, 0.5) is 0 Å². The van der Waals surface area contributed by atoms with Crippen molar-refractivity contribution in [3.8, 4) is 6.19 Å². The molecule has 5 nitrogen and oxygen atoms in total. The summed E-state index contributed by atoms with van der Waals surface area (Å²) in [5.41, 5.74) is 1.93. The van der Waals surface area contributed by atoms with Crippen LogP contribution in [0, 0.1) is 11.5 Å². The van der Waals surface area contributed by atoms with E-state index in [1.807, 2.05) is 5.48 Å². The molecular weight excluding hydrogens is 191 g/mol. The van der Waals surface area contributed by atoms with E-state index in [-0.39, 0.29) is 29.1 Å². The van der Waals surface area contributed by atoms with Gasteiger partial charge in [-0.1, -0.05) is 22.3 Å². The van der Waals surface area contributed by atoms with E-state index in [9.17, 15) is 0 Å². The molecule has 1 unspecified atom stereocenters. The third kappa shape index (κ3) is 82.5. The van der Waals surface area contributed by atoms with Gasteiger partial charge < -0.3 is 9.26 Å². The summed E-state index contributed by atoms with van der Waals surface area (Å²) < 4.78 is 8.57. The molecule has 0 aromatic rings. The molecule has 0 spiro atoms. The number of ether oxygens (including phenoxy) is 1. The fraction of sp³-hybridized carbons (Fsp3) is 0.857. The first-order valence-corrected chi connectivity index (χ1v) is 2.78. The molecule has 0 aromatic carbocycles. The van der Waals surface area contributed by atoms with Crippen LogP contribution >= 0.6 is 9.47 Å². The van der Waals surface area contributed by atoms with E-state index in [1.54, 1.807) is 13.3 Å². The number of rotatable bonds is 3. The summed E-state index contributed by atoms with van der Waals surface area (Å²) in [5, 5.41) is 7.75. The van der Waals surface area contributed by atoms with Crippen LogP contribution in [0.3, 0.4) is 0 Å². The van der Waals surface area contributed by atoms with Crippen LogP contribution in [0.15, 0.2) is 0 Å². The number of hydroxylamine groups is 1. The van der Waals surface area contributed by atoms with Crippen molar-refractivity contribution in [1.82, 2.24) is 5.48 Å². The Bertz CT molecular complexity index is 88.3. The fourth-order valence-corrected chi connectivity index (χ4v) is 0.121. The third-order valence-electron chi connectivity index (χ3n) is 0.295. The molecule has 0 aliphatic rings. The summed E-state index contributed by atoms with van der Waals surface area (Å²) in [6, 6.07) is 0. The fourth-order valence-electron chi connectivity index (χ4n) is 0.121. The van der Waals surface area contributed by atoms with Gasteiger partial charge in [0.25, 0.3) is 0 Å². The molecule has 0 aliphatic heterocycles. The highest BCUT2D eigenvalue weighted by Gasteiger charge is 1.73. The summed E-state index contributed by atoms with van der Waals surface area (Å²) in [4.78, 5) is 4.30. The molecule has 0 saturated heterocycles. The number of hydrogen-bond donors (Lipinski definition) is 1. The lowest BCUT2D eigenvalue weighted by Crippen LogP contribution is -2.08. The minimum absolute atomic E-state index is 0. The van der Waals surface area contributed by atoms with Crippen molar-refractivity contribution >= 4 is 9.47 Å². The van der Waals surface area contributed by atoms with E-state index in [1.165, 1.54) is 7.11 Å². The van der Waals surface area contributed by atoms with Crippen molar-refractivity contribution in [2.24, 2.45) is 0 Å². The Morgan fingerprint density at radius 2 is 1.69 bits per heavy atom. The maximum Gasteiger partial charge on any atom is 0.202 e. The van der Waals surface area contributed by atoms with Gasteiger partial charge in [-0.25, -0.2) is 4.84 Å². The van der Waals surface area contributed by atoms with Gasteiger partial charge in [0.15, 0.2) is 6.79 Å². The van der Waals surface area contributed by atoms with Crippen LogP contribution in [0.2, 0.25) is 0 Å². The molecule has 84 valence electrons. The maximum atomic E-state index is 7.75. The van der Waals surface area contributed by atoms with E-state index >= 15 is 0 Å². The molecule has 13 heavy (non-hydrogen) atoms. The van der Waals surface area contributed by atoms with Gasteiger partial charge in [0.1, 0.15) is 0 Å². The predicted octanol–water partition coefficient (Wildman–Crippen LogP) is 1.92. The number of methoxy groups -OCH3 is 1. The second-order valence-electron chi connectivity index (χ2n) is 1.00. The van der Waals surface area contributed by atoms with Crippen LogP contribution < -0.4 is 5.48 Å². The number of nitrogens with one attached hydrogen (secondary N) is 1. The summed E-state index contributed by atoms with van der Waals surface area (Å²) in [7, 11) is 5.14. The highest BCUT2D eigenvalue weighted by Crippen LogP contribution is 1.68. The van der Waals surface area contributed by atoms with Gasteiger partial charge in [-0.2, -0.15) is 10.7 Å². The van der Waals surface area contributed by atoms with Crippen molar-refractivity contribution in [1.29, 1.82) is 5.26 Å². The van der Waals surface area contributed by atoms with Gasteiger partial charge in [0.2, 0.25) is 6.19 Å². The Kier molecular flexibility index (Phi) is 93.8. The van der Waals surface area contributed by atoms with Gasteiger partial charge in [-0.3, -0.25) is 0 Å². The highest BCUT2D eigenvalue weighted by molar-refractivity contribution is 7.09. The SMILES string of the molecule is C.C.C.COCONC#N.COP. The van der Waals surface area contributed by atoms with Crippen molar-refractivity contribution < 1.29 is 14.1 Å². The molecule has 6 heteroatoms. The monoisotopic (exact) mass is 214 g/mol.